The van der Waals surface area contributed by atoms with Crippen molar-refractivity contribution in [2.75, 3.05) is 0 Å². The lowest BCUT2D eigenvalue weighted by Crippen LogP contribution is -2.26. The van der Waals surface area contributed by atoms with Gasteiger partial charge in [-0.15, -0.1) is 0 Å². The van der Waals surface area contributed by atoms with Gasteiger partial charge in [-0.05, 0) is 43.1 Å². The Morgan fingerprint density at radius 3 is 3.19 bits per heavy atom. The quantitative estimate of drug-likeness (QED) is 0.826. The van der Waals surface area contributed by atoms with Gasteiger partial charge in [0, 0.05) is 24.9 Å². The number of hydrogen-bond acceptors (Lipinski definition) is 4. The molecule has 0 spiro atoms. The minimum absolute atomic E-state index is 0.0474. The van der Waals surface area contributed by atoms with Crippen molar-refractivity contribution in [2.24, 2.45) is 5.92 Å². The third kappa shape index (κ3) is 2.87. The average molecular weight is 303 g/mol. The highest BCUT2D eigenvalue weighted by atomic mass is 32.1. The zero-order valence-electron chi connectivity index (χ0n) is 11.7. The Labute approximate surface area is 127 Å². The molecule has 6 nitrogen and oxygen atoms in total. The molecule has 21 heavy (non-hydrogen) atoms. The molecule has 0 bridgehead atoms. The van der Waals surface area contributed by atoms with E-state index in [9.17, 15) is 4.79 Å². The molecule has 1 aliphatic carbocycles. The molecule has 2 aromatic rings. The van der Waals surface area contributed by atoms with Crippen LogP contribution in [0.1, 0.15) is 30.7 Å². The van der Waals surface area contributed by atoms with Gasteiger partial charge < -0.3 is 9.88 Å². The number of nitrogens with zero attached hydrogens (tertiary/aromatic N) is 3. The summed E-state index contributed by atoms with van der Waals surface area (Å²) in [6, 6.07) is 3.93. The Kier molecular flexibility index (Phi) is 3.83. The van der Waals surface area contributed by atoms with Gasteiger partial charge in [0.25, 0.3) is 0 Å². The number of amides is 1. The van der Waals surface area contributed by atoms with E-state index in [1.807, 2.05) is 29.8 Å². The number of carbonyl (C=O) groups is 1. The van der Waals surface area contributed by atoms with Gasteiger partial charge in [-0.3, -0.25) is 14.9 Å². The highest BCUT2D eigenvalue weighted by molar-refractivity contribution is 7.71. The predicted octanol–water partition coefficient (Wildman–Crippen LogP) is 1.78. The molecule has 2 atom stereocenters. The summed E-state index contributed by atoms with van der Waals surface area (Å²) in [6.07, 6.45) is 4.47. The van der Waals surface area contributed by atoms with E-state index in [1.165, 1.54) is 0 Å². The first-order chi connectivity index (χ1) is 10.2. The summed E-state index contributed by atoms with van der Waals surface area (Å²) < 4.78 is 2.46. The third-order valence-corrected chi connectivity index (χ3v) is 4.13. The molecule has 1 saturated carbocycles. The summed E-state index contributed by atoms with van der Waals surface area (Å²) in [7, 11) is 0. The van der Waals surface area contributed by atoms with E-state index >= 15 is 0 Å². The van der Waals surface area contributed by atoms with Crippen LogP contribution < -0.4 is 5.32 Å². The van der Waals surface area contributed by atoms with Crippen molar-refractivity contribution >= 4 is 18.1 Å². The number of aromatic nitrogens is 4. The zero-order chi connectivity index (χ0) is 14.8. The van der Waals surface area contributed by atoms with E-state index in [0.29, 0.717) is 17.2 Å². The average Bonchev–Trinajstić information content (AvgIpc) is 3.24. The van der Waals surface area contributed by atoms with Crippen molar-refractivity contribution in [2.45, 2.75) is 32.4 Å². The molecule has 3 rings (SSSR count). The third-order valence-electron chi connectivity index (χ3n) is 3.81. The topological polar surface area (TPSA) is 75.6 Å². The van der Waals surface area contributed by atoms with Crippen molar-refractivity contribution in [3.05, 3.63) is 40.7 Å². The van der Waals surface area contributed by atoms with Crippen molar-refractivity contribution in [3.63, 3.8) is 0 Å². The predicted molar refractivity (Wildman–Crippen MR) is 80.0 cm³/mol. The Morgan fingerprint density at radius 2 is 2.48 bits per heavy atom. The number of H-pyrrole nitrogens is 1. The number of hydrogen-bond donors (Lipinski definition) is 2. The zero-order valence-corrected chi connectivity index (χ0v) is 12.6. The largest absolute Gasteiger partial charge is 0.349 e. The highest BCUT2D eigenvalue weighted by Gasteiger charge is 2.43. The number of pyridine rings is 1. The van der Waals surface area contributed by atoms with Crippen LogP contribution in [0.2, 0.25) is 0 Å². The Balaban J connectivity index is 1.57. The molecular formula is C14H17N5OS. The minimum Gasteiger partial charge on any atom is -0.349 e. The van der Waals surface area contributed by atoms with Crippen LogP contribution in [-0.2, 0) is 17.9 Å². The van der Waals surface area contributed by atoms with E-state index < -0.39 is 0 Å². The molecule has 0 aliphatic heterocycles. The molecular weight excluding hydrogens is 286 g/mol. The second-order valence-corrected chi connectivity index (χ2v) is 5.53. The first kappa shape index (κ1) is 13.9. The smallest absolute Gasteiger partial charge is 0.224 e. The van der Waals surface area contributed by atoms with Crippen LogP contribution in [0.5, 0.6) is 0 Å². The number of rotatable bonds is 5. The van der Waals surface area contributed by atoms with Gasteiger partial charge in [0.1, 0.15) is 0 Å². The van der Waals surface area contributed by atoms with Crippen molar-refractivity contribution < 1.29 is 4.79 Å². The molecule has 2 heterocycles. The van der Waals surface area contributed by atoms with Crippen LogP contribution in [0.25, 0.3) is 0 Å². The lowest BCUT2D eigenvalue weighted by Gasteiger charge is -2.06. The Hall–Kier alpha value is -2.02. The molecule has 110 valence electrons. The van der Waals surface area contributed by atoms with Gasteiger partial charge in [-0.25, -0.2) is 0 Å². The Morgan fingerprint density at radius 1 is 1.62 bits per heavy atom. The van der Waals surface area contributed by atoms with Crippen LogP contribution >= 0.6 is 12.2 Å². The molecule has 0 aromatic carbocycles. The van der Waals surface area contributed by atoms with Gasteiger partial charge in [0.15, 0.2) is 10.6 Å². The fourth-order valence-electron chi connectivity index (χ4n) is 2.56. The number of carbonyl (C=O) groups excluding carboxylic acids is 1. The maximum atomic E-state index is 12.2. The summed E-state index contributed by atoms with van der Waals surface area (Å²) in [6.45, 7) is 3.13. The van der Waals surface area contributed by atoms with Crippen LogP contribution in [0, 0.1) is 10.7 Å². The molecule has 2 aromatic heterocycles. The molecule has 1 amide bonds. The SMILES string of the molecule is CCn1c(CNC(=O)[C@H]2C[C@@H]2c2cccnc2)n[nH]c1=S. The van der Waals surface area contributed by atoms with Crippen LogP contribution in [0.3, 0.4) is 0 Å². The van der Waals surface area contributed by atoms with E-state index in [1.54, 1.807) is 6.20 Å². The first-order valence-corrected chi connectivity index (χ1v) is 7.43. The molecule has 7 heteroatoms. The molecule has 1 fully saturated rings. The normalized spacial score (nSPS) is 20.2. The summed E-state index contributed by atoms with van der Waals surface area (Å²) in [4.78, 5) is 16.3. The van der Waals surface area contributed by atoms with Crippen molar-refractivity contribution in [3.8, 4) is 0 Å². The maximum Gasteiger partial charge on any atom is 0.224 e. The molecule has 0 unspecified atom stereocenters. The van der Waals surface area contributed by atoms with Crippen molar-refractivity contribution in [1.29, 1.82) is 0 Å². The fourth-order valence-corrected chi connectivity index (χ4v) is 2.84. The molecule has 1 aliphatic rings. The second kappa shape index (κ2) is 5.77. The second-order valence-electron chi connectivity index (χ2n) is 5.14. The monoisotopic (exact) mass is 303 g/mol. The van der Waals surface area contributed by atoms with Gasteiger partial charge in [-0.2, -0.15) is 5.10 Å². The van der Waals surface area contributed by atoms with Crippen LogP contribution in [-0.4, -0.2) is 25.7 Å². The van der Waals surface area contributed by atoms with E-state index in [-0.39, 0.29) is 11.8 Å². The lowest BCUT2D eigenvalue weighted by molar-refractivity contribution is -0.122. The van der Waals surface area contributed by atoms with E-state index in [2.05, 4.69) is 20.5 Å². The molecule has 2 N–H and O–H groups in total. The van der Waals surface area contributed by atoms with Gasteiger partial charge >= 0.3 is 0 Å². The number of nitrogens with one attached hydrogen (secondary N) is 2. The standard InChI is InChI=1S/C14H17N5OS/c1-2-19-12(17-18-14(19)21)8-16-13(20)11-6-10(11)9-4-3-5-15-7-9/h3-5,7,10-11H,2,6,8H2,1H3,(H,16,20)(H,18,21)/t10-,11+/m1/s1. The Bertz CT molecular complexity index is 693. The molecule has 0 saturated heterocycles. The molecule has 0 radical (unpaired) electrons. The van der Waals surface area contributed by atoms with Crippen LogP contribution in [0.4, 0.5) is 0 Å². The summed E-state index contributed by atoms with van der Waals surface area (Å²) in [5.41, 5.74) is 1.13. The number of aromatic amines is 1. The maximum absolute atomic E-state index is 12.2. The fraction of sp³-hybridized carbons (Fsp3) is 0.429. The summed E-state index contributed by atoms with van der Waals surface area (Å²) >= 11 is 5.12. The highest BCUT2D eigenvalue weighted by Crippen LogP contribution is 2.47. The van der Waals surface area contributed by atoms with Crippen molar-refractivity contribution in [1.82, 2.24) is 25.1 Å². The lowest BCUT2D eigenvalue weighted by atomic mass is 10.1. The minimum atomic E-state index is 0.0474. The van der Waals surface area contributed by atoms with E-state index in [4.69, 9.17) is 12.2 Å². The van der Waals surface area contributed by atoms with E-state index in [0.717, 1.165) is 24.4 Å². The first-order valence-electron chi connectivity index (χ1n) is 7.02. The summed E-state index contributed by atoms with van der Waals surface area (Å²) in [5.74, 6) is 1.17. The van der Waals surface area contributed by atoms with Crippen LogP contribution in [0.15, 0.2) is 24.5 Å². The van der Waals surface area contributed by atoms with Gasteiger partial charge in [0.2, 0.25) is 5.91 Å². The summed E-state index contributed by atoms with van der Waals surface area (Å²) in [5, 5.41) is 9.82. The van der Waals surface area contributed by atoms with Gasteiger partial charge in [-0.1, -0.05) is 6.07 Å². The van der Waals surface area contributed by atoms with Gasteiger partial charge in [0.05, 0.1) is 6.54 Å².